The van der Waals surface area contributed by atoms with Gasteiger partial charge in [0.25, 0.3) is 5.91 Å². The Morgan fingerprint density at radius 3 is 2.31 bits per heavy atom. The lowest BCUT2D eigenvalue weighted by Crippen LogP contribution is -2.37. The number of hydrogen-bond donors (Lipinski definition) is 1. The highest BCUT2D eigenvalue weighted by Crippen LogP contribution is 2.44. The molecule has 0 bridgehead atoms. The van der Waals surface area contributed by atoms with Gasteiger partial charge in [-0.1, -0.05) is 42.5 Å². The van der Waals surface area contributed by atoms with E-state index < -0.39 is 18.0 Å². The Morgan fingerprint density at radius 2 is 1.59 bits per heavy atom. The molecule has 1 N–H and O–H groups in total. The Labute approximate surface area is 184 Å². The first-order valence-corrected chi connectivity index (χ1v) is 10.3. The lowest BCUT2D eigenvalue weighted by molar-refractivity contribution is -0.155. The van der Waals surface area contributed by atoms with Crippen LogP contribution in [0.4, 0.5) is 0 Å². The van der Waals surface area contributed by atoms with E-state index in [1.165, 1.54) is 0 Å². The highest BCUT2D eigenvalue weighted by atomic mass is 16.7. The molecule has 2 aliphatic rings. The molecule has 2 heterocycles. The topological polar surface area (TPSA) is 83.1 Å². The number of carbonyl (C=O) groups excluding carboxylic acids is 2. The van der Waals surface area contributed by atoms with Gasteiger partial charge in [0.05, 0.1) is 0 Å². The molecule has 0 unspecified atom stereocenters. The van der Waals surface area contributed by atoms with Crippen molar-refractivity contribution in [2.75, 3.05) is 6.79 Å². The summed E-state index contributed by atoms with van der Waals surface area (Å²) < 4.78 is 22.1. The van der Waals surface area contributed by atoms with Crippen LogP contribution < -0.4 is 19.5 Å². The molecule has 0 spiro atoms. The van der Waals surface area contributed by atoms with Gasteiger partial charge in [0.1, 0.15) is 17.4 Å². The third-order valence-corrected chi connectivity index (χ3v) is 5.48. The maximum absolute atomic E-state index is 13.2. The predicted molar refractivity (Wildman–Crippen MR) is 115 cm³/mol. The monoisotopic (exact) mass is 431 g/mol. The standard InChI is InChI=1S/C25H21NO6/c1-15(24(27)26-13-16-10-11-21-22(12-16)30-14-29-21)31-25(28)23-17-6-2-4-8-19(17)32-20-9-5-3-7-18(20)23/h2-12,15,23H,13-14H2,1H3,(H,26,27)/t15-/m0/s1. The molecule has 32 heavy (non-hydrogen) atoms. The van der Waals surface area contributed by atoms with Crippen molar-refractivity contribution in [3.8, 4) is 23.0 Å². The van der Waals surface area contributed by atoms with Gasteiger partial charge < -0.3 is 24.3 Å². The van der Waals surface area contributed by atoms with Crippen molar-refractivity contribution in [2.45, 2.75) is 25.5 Å². The van der Waals surface area contributed by atoms with Gasteiger partial charge in [-0.3, -0.25) is 9.59 Å². The lowest BCUT2D eigenvalue weighted by atomic mass is 9.88. The quantitative estimate of drug-likeness (QED) is 0.617. The molecule has 0 fully saturated rings. The molecule has 3 aromatic rings. The van der Waals surface area contributed by atoms with Gasteiger partial charge in [-0.05, 0) is 36.8 Å². The Morgan fingerprint density at radius 1 is 0.938 bits per heavy atom. The molecule has 0 aliphatic carbocycles. The summed E-state index contributed by atoms with van der Waals surface area (Å²) in [5.41, 5.74) is 2.28. The van der Waals surface area contributed by atoms with Crippen LogP contribution in [0.5, 0.6) is 23.0 Å². The number of rotatable bonds is 5. The predicted octanol–water partition coefficient (Wildman–Crippen LogP) is 3.90. The zero-order chi connectivity index (χ0) is 22.1. The van der Waals surface area contributed by atoms with Gasteiger partial charge in [-0.25, -0.2) is 0 Å². The second-order valence-corrected chi connectivity index (χ2v) is 7.60. The number of nitrogens with one attached hydrogen (secondary N) is 1. The van der Waals surface area contributed by atoms with Crippen LogP contribution in [0.3, 0.4) is 0 Å². The van der Waals surface area contributed by atoms with Crippen LogP contribution in [0.15, 0.2) is 66.7 Å². The molecule has 7 nitrogen and oxygen atoms in total. The van der Waals surface area contributed by atoms with Crippen molar-refractivity contribution < 1.29 is 28.5 Å². The summed E-state index contributed by atoms with van der Waals surface area (Å²) in [6.45, 7) is 2.03. The van der Waals surface area contributed by atoms with Crippen LogP contribution in [0.1, 0.15) is 29.5 Å². The van der Waals surface area contributed by atoms with E-state index >= 15 is 0 Å². The van der Waals surface area contributed by atoms with Gasteiger partial charge in [0.15, 0.2) is 17.6 Å². The van der Waals surface area contributed by atoms with Crippen LogP contribution >= 0.6 is 0 Å². The minimum absolute atomic E-state index is 0.191. The molecule has 0 aromatic heterocycles. The lowest BCUT2D eigenvalue weighted by Gasteiger charge is -2.27. The number of fused-ring (bicyclic) bond motifs is 3. The largest absolute Gasteiger partial charge is 0.457 e. The van der Waals surface area contributed by atoms with E-state index in [4.69, 9.17) is 18.9 Å². The van der Waals surface area contributed by atoms with Gasteiger partial charge in [0, 0.05) is 17.7 Å². The summed E-state index contributed by atoms with van der Waals surface area (Å²) in [6.07, 6.45) is -0.960. The first-order valence-electron chi connectivity index (χ1n) is 10.3. The first kappa shape index (κ1) is 19.9. The molecular weight excluding hydrogens is 410 g/mol. The summed E-state index contributed by atoms with van der Waals surface area (Å²) in [7, 11) is 0. The molecule has 1 atom stereocenters. The zero-order valence-electron chi connectivity index (χ0n) is 17.4. The number of benzene rings is 3. The number of hydrogen-bond acceptors (Lipinski definition) is 6. The number of ether oxygens (including phenoxy) is 4. The number of carbonyl (C=O) groups is 2. The van der Waals surface area contributed by atoms with Gasteiger partial charge in [-0.2, -0.15) is 0 Å². The van der Waals surface area contributed by atoms with E-state index in [0.717, 1.165) is 5.56 Å². The molecule has 0 radical (unpaired) electrons. The molecule has 2 aliphatic heterocycles. The van der Waals surface area contributed by atoms with E-state index in [2.05, 4.69) is 5.32 Å². The first-order chi connectivity index (χ1) is 15.6. The van der Waals surface area contributed by atoms with Gasteiger partial charge in [0.2, 0.25) is 6.79 Å². The zero-order valence-corrected chi connectivity index (χ0v) is 17.4. The molecule has 162 valence electrons. The Hall–Kier alpha value is -4.00. The van der Waals surface area contributed by atoms with Crippen molar-refractivity contribution in [2.24, 2.45) is 0 Å². The Bertz CT molecular complexity index is 1150. The SMILES string of the molecule is C[C@H](OC(=O)C1c2ccccc2Oc2ccccc21)C(=O)NCc1ccc2c(c1)OCO2. The normalized spacial score (nSPS) is 14.5. The Kier molecular flexibility index (Phi) is 5.15. The minimum atomic E-state index is -0.960. The van der Waals surface area contributed by atoms with E-state index in [0.29, 0.717) is 34.1 Å². The molecule has 0 saturated heterocycles. The summed E-state index contributed by atoms with van der Waals surface area (Å²) in [4.78, 5) is 25.7. The van der Waals surface area contributed by atoms with Crippen LogP contribution in [0.2, 0.25) is 0 Å². The summed E-state index contributed by atoms with van der Waals surface area (Å²) >= 11 is 0. The molecule has 5 rings (SSSR count). The van der Waals surface area contributed by atoms with Gasteiger partial charge >= 0.3 is 5.97 Å². The fraction of sp³-hybridized carbons (Fsp3) is 0.200. The van der Waals surface area contributed by atoms with Gasteiger partial charge in [-0.15, -0.1) is 0 Å². The fourth-order valence-corrected chi connectivity index (χ4v) is 3.84. The third-order valence-electron chi connectivity index (χ3n) is 5.48. The molecule has 3 aromatic carbocycles. The maximum atomic E-state index is 13.2. The van der Waals surface area contributed by atoms with E-state index in [-0.39, 0.29) is 19.2 Å². The van der Waals surface area contributed by atoms with Crippen molar-refractivity contribution in [1.82, 2.24) is 5.32 Å². The number of para-hydroxylation sites is 2. The highest BCUT2D eigenvalue weighted by molar-refractivity contribution is 5.89. The van der Waals surface area contributed by atoms with Crippen molar-refractivity contribution >= 4 is 11.9 Å². The maximum Gasteiger partial charge on any atom is 0.318 e. The van der Waals surface area contributed by atoms with Crippen LogP contribution in [-0.2, 0) is 20.9 Å². The van der Waals surface area contributed by atoms with Crippen molar-refractivity contribution in [3.05, 3.63) is 83.4 Å². The van der Waals surface area contributed by atoms with E-state index in [1.54, 1.807) is 13.0 Å². The van der Waals surface area contributed by atoms with Crippen LogP contribution in [0.25, 0.3) is 0 Å². The molecule has 0 saturated carbocycles. The van der Waals surface area contributed by atoms with Crippen LogP contribution in [0, 0.1) is 0 Å². The number of esters is 1. The second-order valence-electron chi connectivity index (χ2n) is 7.60. The van der Waals surface area contributed by atoms with E-state index in [9.17, 15) is 9.59 Å². The second kappa shape index (κ2) is 8.26. The highest BCUT2D eigenvalue weighted by Gasteiger charge is 2.35. The fourth-order valence-electron chi connectivity index (χ4n) is 3.84. The van der Waals surface area contributed by atoms with E-state index in [1.807, 2.05) is 60.7 Å². The van der Waals surface area contributed by atoms with Crippen molar-refractivity contribution in [3.63, 3.8) is 0 Å². The average molecular weight is 431 g/mol. The summed E-state index contributed by atoms with van der Waals surface area (Å²) in [5, 5.41) is 2.80. The summed E-state index contributed by atoms with van der Waals surface area (Å²) in [5.74, 6) is 0.984. The Balaban J connectivity index is 1.27. The molecular formula is C25H21NO6. The molecule has 7 heteroatoms. The smallest absolute Gasteiger partial charge is 0.318 e. The van der Waals surface area contributed by atoms with Crippen LogP contribution in [-0.4, -0.2) is 24.8 Å². The third kappa shape index (κ3) is 3.73. The summed E-state index contributed by atoms with van der Waals surface area (Å²) in [6, 6.07) is 20.1. The molecule has 1 amide bonds. The van der Waals surface area contributed by atoms with Crippen molar-refractivity contribution in [1.29, 1.82) is 0 Å². The number of amides is 1. The minimum Gasteiger partial charge on any atom is -0.457 e. The average Bonchev–Trinajstić information content (AvgIpc) is 3.28.